The zero-order chi connectivity index (χ0) is 18.0. The van der Waals surface area contributed by atoms with Gasteiger partial charge in [0.05, 0.1) is 10.4 Å². The van der Waals surface area contributed by atoms with E-state index in [0.29, 0.717) is 24.0 Å². The third-order valence-electron chi connectivity index (χ3n) is 4.24. The molecule has 1 heterocycles. The monoisotopic (exact) mass is 337 g/mol. The fourth-order valence-electron chi connectivity index (χ4n) is 2.95. The fraction of sp³-hybridized carbons (Fsp3) is 0.211. The average molecular weight is 337 g/mol. The number of benzene rings is 2. The molecule has 3 rings (SSSR count). The summed E-state index contributed by atoms with van der Waals surface area (Å²) in [5.74, 6) is 0. The second-order valence-corrected chi connectivity index (χ2v) is 5.89. The van der Waals surface area contributed by atoms with E-state index in [1.165, 1.54) is 4.57 Å². The smallest absolute Gasteiger partial charge is 0.357 e. The number of nitro groups is 1. The Labute approximate surface area is 144 Å². The maximum Gasteiger partial charge on any atom is 0.357 e. The van der Waals surface area contributed by atoms with Crippen LogP contribution in [0.25, 0.3) is 10.9 Å². The minimum atomic E-state index is -0.599. The number of nitrogens with one attached hydrogen (secondary N) is 1. The molecule has 1 N–H and O–H groups in total. The number of fused-ring (bicyclic) bond motifs is 1. The molecule has 1 aromatic heterocycles. The molecule has 0 amide bonds. The van der Waals surface area contributed by atoms with Gasteiger partial charge in [0, 0.05) is 18.5 Å². The lowest BCUT2D eigenvalue weighted by Crippen LogP contribution is -2.24. The van der Waals surface area contributed by atoms with E-state index in [1.807, 2.05) is 43.3 Å². The molecular weight excluding hydrogens is 318 g/mol. The van der Waals surface area contributed by atoms with E-state index in [9.17, 15) is 14.9 Å². The third-order valence-corrected chi connectivity index (χ3v) is 4.24. The summed E-state index contributed by atoms with van der Waals surface area (Å²) >= 11 is 0. The van der Waals surface area contributed by atoms with Gasteiger partial charge in [0.25, 0.3) is 0 Å². The van der Waals surface area contributed by atoms with Crippen LogP contribution in [0.4, 0.5) is 11.4 Å². The van der Waals surface area contributed by atoms with E-state index >= 15 is 0 Å². The molecule has 0 bridgehead atoms. The largest absolute Gasteiger partial charge is 0.375 e. The zero-order valence-electron chi connectivity index (χ0n) is 14.2. The fourth-order valence-corrected chi connectivity index (χ4v) is 2.95. The van der Waals surface area contributed by atoms with Crippen molar-refractivity contribution in [3.05, 3.63) is 80.1 Å². The van der Waals surface area contributed by atoms with Gasteiger partial charge in [-0.3, -0.25) is 14.9 Å². The van der Waals surface area contributed by atoms with Crippen molar-refractivity contribution in [3.8, 4) is 0 Å². The molecule has 0 aliphatic heterocycles. The number of aryl methyl sites for hydroxylation is 2. The lowest BCUT2D eigenvalue weighted by molar-refractivity contribution is -0.385. The number of hydrogen-bond acceptors (Lipinski definition) is 4. The maximum absolute atomic E-state index is 12.6. The Morgan fingerprint density at radius 2 is 1.80 bits per heavy atom. The van der Waals surface area contributed by atoms with Gasteiger partial charge in [-0.1, -0.05) is 48.0 Å². The summed E-state index contributed by atoms with van der Waals surface area (Å²) in [4.78, 5) is 23.6. The van der Waals surface area contributed by atoms with Crippen LogP contribution in [0.15, 0.2) is 53.3 Å². The Kier molecular flexibility index (Phi) is 4.52. The van der Waals surface area contributed by atoms with Crippen LogP contribution < -0.4 is 10.9 Å². The van der Waals surface area contributed by atoms with Crippen molar-refractivity contribution in [2.75, 3.05) is 5.32 Å². The van der Waals surface area contributed by atoms with E-state index in [2.05, 4.69) is 5.32 Å². The minimum absolute atomic E-state index is 0.274. The van der Waals surface area contributed by atoms with Gasteiger partial charge in [-0.25, -0.2) is 0 Å². The second-order valence-electron chi connectivity index (χ2n) is 5.89. The van der Waals surface area contributed by atoms with E-state index in [0.717, 1.165) is 11.1 Å². The molecule has 0 aliphatic rings. The van der Waals surface area contributed by atoms with Crippen LogP contribution in [-0.4, -0.2) is 9.49 Å². The molecule has 3 aromatic rings. The van der Waals surface area contributed by atoms with Gasteiger partial charge < -0.3 is 9.88 Å². The average Bonchev–Trinajstić information content (AvgIpc) is 2.60. The van der Waals surface area contributed by atoms with Crippen molar-refractivity contribution in [1.29, 1.82) is 0 Å². The van der Waals surface area contributed by atoms with E-state index in [1.54, 1.807) is 19.1 Å². The topological polar surface area (TPSA) is 77.2 Å². The Morgan fingerprint density at radius 3 is 2.44 bits per heavy atom. The molecule has 0 fully saturated rings. The zero-order valence-corrected chi connectivity index (χ0v) is 14.2. The summed E-state index contributed by atoms with van der Waals surface area (Å²) < 4.78 is 1.44. The van der Waals surface area contributed by atoms with Crippen molar-refractivity contribution in [2.45, 2.75) is 26.9 Å². The van der Waals surface area contributed by atoms with Crippen LogP contribution in [0.5, 0.6) is 0 Å². The summed E-state index contributed by atoms with van der Waals surface area (Å²) in [5, 5.41) is 15.3. The van der Waals surface area contributed by atoms with Crippen molar-refractivity contribution >= 4 is 22.3 Å². The predicted octanol–water partition coefficient (Wildman–Crippen LogP) is 3.85. The number of para-hydroxylation sites is 1. The quantitative estimate of drug-likeness (QED) is 0.567. The van der Waals surface area contributed by atoms with Crippen molar-refractivity contribution < 1.29 is 4.92 Å². The Hall–Kier alpha value is -3.15. The first-order chi connectivity index (χ1) is 12.0. The number of pyridine rings is 1. The standard InChI is InChI=1S/C19H19N3O3/c1-3-21-16-7-5-4-6-15(16)17(18(19(21)23)22(24)25)20-12-14-10-8-13(2)9-11-14/h4-11,20H,3,12H2,1-2H3. The molecule has 25 heavy (non-hydrogen) atoms. The maximum atomic E-state index is 12.6. The highest BCUT2D eigenvalue weighted by atomic mass is 16.6. The number of anilines is 1. The first kappa shape index (κ1) is 16.7. The highest BCUT2D eigenvalue weighted by Crippen LogP contribution is 2.30. The molecule has 0 atom stereocenters. The summed E-state index contributed by atoms with van der Waals surface area (Å²) in [5.41, 5.74) is 2.10. The van der Waals surface area contributed by atoms with E-state index in [-0.39, 0.29) is 5.69 Å². The summed E-state index contributed by atoms with van der Waals surface area (Å²) in [7, 11) is 0. The second kappa shape index (κ2) is 6.76. The predicted molar refractivity (Wildman–Crippen MR) is 99.0 cm³/mol. The van der Waals surface area contributed by atoms with Gasteiger partial charge in [0.1, 0.15) is 5.69 Å². The first-order valence-electron chi connectivity index (χ1n) is 8.12. The molecule has 0 unspecified atom stereocenters. The normalized spacial score (nSPS) is 10.8. The van der Waals surface area contributed by atoms with Gasteiger partial charge in [-0.15, -0.1) is 0 Å². The van der Waals surface area contributed by atoms with Gasteiger partial charge in [-0.05, 0) is 25.5 Å². The summed E-state index contributed by atoms with van der Waals surface area (Å²) in [6.45, 7) is 4.58. The van der Waals surface area contributed by atoms with Crippen molar-refractivity contribution in [1.82, 2.24) is 4.57 Å². The molecule has 6 nitrogen and oxygen atoms in total. The number of aromatic nitrogens is 1. The lowest BCUT2D eigenvalue weighted by atomic mass is 10.1. The molecule has 0 radical (unpaired) electrons. The Morgan fingerprint density at radius 1 is 1.12 bits per heavy atom. The molecule has 2 aromatic carbocycles. The van der Waals surface area contributed by atoms with Gasteiger partial charge in [0.2, 0.25) is 0 Å². The Balaban J connectivity index is 2.15. The molecule has 128 valence electrons. The SMILES string of the molecule is CCn1c(=O)c([N+](=O)[O-])c(NCc2ccc(C)cc2)c2ccccc21. The molecule has 6 heteroatoms. The van der Waals surface area contributed by atoms with Crippen LogP contribution in [0.1, 0.15) is 18.1 Å². The van der Waals surface area contributed by atoms with Crippen LogP contribution in [0.2, 0.25) is 0 Å². The van der Waals surface area contributed by atoms with Gasteiger partial charge >= 0.3 is 11.2 Å². The first-order valence-corrected chi connectivity index (χ1v) is 8.12. The minimum Gasteiger partial charge on any atom is -0.375 e. The molecule has 0 aliphatic carbocycles. The summed E-state index contributed by atoms with van der Waals surface area (Å²) in [6.07, 6.45) is 0. The van der Waals surface area contributed by atoms with Crippen LogP contribution >= 0.6 is 0 Å². The van der Waals surface area contributed by atoms with Gasteiger partial charge in [0.15, 0.2) is 0 Å². The molecule has 0 saturated heterocycles. The third kappa shape index (κ3) is 3.10. The Bertz CT molecular complexity index is 991. The molecule has 0 spiro atoms. The number of hydrogen-bond donors (Lipinski definition) is 1. The number of nitrogens with zero attached hydrogens (tertiary/aromatic N) is 2. The highest BCUT2D eigenvalue weighted by molar-refractivity contribution is 5.96. The molecule has 0 saturated carbocycles. The van der Waals surface area contributed by atoms with Crippen LogP contribution in [-0.2, 0) is 13.1 Å². The molecular formula is C19H19N3O3. The van der Waals surface area contributed by atoms with Crippen LogP contribution in [0, 0.1) is 17.0 Å². The van der Waals surface area contributed by atoms with E-state index < -0.39 is 16.2 Å². The summed E-state index contributed by atoms with van der Waals surface area (Å²) in [6, 6.07) is 15.1. The van der Waals surface area contributed by atoms with Gasteiger partial charge in [-0.2, -0.15) is 0 Å². The lowest BCUT2D eigenvalue weighted by Gasteiger charge is -2.14. The van der Waals surface area contributed by atoms with Crippen LogP contribution in [0.3, 0.4) is 0 Å². The highest BCUT2D eigenvalue weighted by Gasteiger charge is 2.25. The van der Waals surface area contributed by atoms with Crippen molar-refractivity contribution in [3.63, 3.8) is 0 Å². The number of rotatable bonds is 5. The van der Waals surface area contributed by atoms with Crippen molar-refractivity contribution in [2.24, 2.45) is 0 Å². The van der Waals surface area contributed by atoms with E-state index in [4.69, 9.17) is 0 Å².